The Morgan fingerprint density at radius 2 is 1.86 bits per heavy atom. The molecule has 0 saturated carbocycles. The van der Waals surface area contributed by atoms with Crippen molar-refractivity contribution in [2.75, 3.05) is 0 Å². The number of carbonyl (C=O) groups excluding carboxylic acids is 2. The van der Waals surface area contributed by atoms with Crippen molar-refractivity contribution in [3.63, 3.8) is 0 Å². The molecule has 1 aliphatic heterocycles. The highest BCUT2D eigenvalue weighted by Crippen LogP contribution is 2.38. The van der Waals surface area contributed by atoms with Gasteiger partial charge in [-0.05, 0) is 48.9 Å². The molecule has 6 heteroatoms. The third kappa shape index (κ3) is 3.65. The van der Waals surface area contributed by atoms with Crippen LogP contribution in [0.1, 0.15) is 31.8 Å². The minimum Gasteiger partial charge on any atom is -0.452 e. The first-order chi connectivity index (χ1) is 13.9. The predicted molar refractivity (Wildman–Crippen MR) is 107 cm³/mol. The molecule has 3 aromatic carbocycles. The molecule has 0 spiro atoms. The fourth-order valence-electron chi connectivity index (χ4n) is 3.06. The maximum atomic E-state index is 14.1. The number of ketones is 1. The molecule has 0 aromatic heterocycles. The Kier molecular flexibility index (Phi) is 4.91. The zero-order valence-electron chi connectivity index (χ0n) is 15.2. The Bertz CT molecular complexity index is 1150. The number of allylic oxidation sites excluding steroid dienone is 1. The third-order valence-electron chi connectivity index (χ3n) is 4.44. The maximum absolute atomic E-state index is 14.1. The summed E-state index contributed by atoms with van der Waals surface area (Å²) in [6.45, 7) is 1.71. The van der Waals surface area contributed by atoms with Crippen LogP contribution in [0.2, 0.25) is 5.02 Å². The van der Waals surface area contributed by atoms with E-state index in [0.717, 1.165) is 0 Å². The van der Waals surface area contributed by atoms with Gasteiger partial charge >= 0.3 is 5.97 Å². The summed E-state index contributed by atoms with van der Waals surface area (Å²) in [6.07, 6.45) is 1.27. The molecule has 144 valence electrons. The Balaban J connectivity index is 1.65. The van der Waals surface area contributed by atoms with Crippen LogP contribution < -0.4 is 9.47 Å². The average Bonchev–Trinajstić information content (AvgIpc) is 3.01. The van der Waals surface area contributed by atoms with Crippen LogP contribution in [0, 0.1) is 12.7 Å². The number of carbonyl (C=O) groups is 2. The zero-order valence-corrected chi connectivity index (χ0v) is 16.0. The topological polar surface area (TPSA) is 52.6 Å². The summed E-state index contributed by atoms with van der Waals surface area (Å²) in [6, 6.07) is 15.8. The van der Waals surface area contributed by atoms with Crippen LogP contribution in [0.5, 0.6) is 11.5 Å². The molecule has 1 aliphatic rings. The molecule has 0 fully saturated rings. The molecule has 0 unspecified atom stereocenters. The number of hydrogen-bond acceptors (Lipinski definition) is 4. The fourth-order valence-corrected chi connectivity index (χ4v) is 3.27. The third-order valence-corrected chi connectivity index (χ3v) is 4.77. The van der Waals surface area contributed by atoms with Gasteiger partial charge in [0.1, 0.15) is 17.3 Å². The molecular weight excluding hydrogens is 395 g/mol. The van der Waals surface area contributed by atoms with E-state index in [4.69, 9.17) is 21.1 Å². The lowest BCUT2D eigenvalue weighted by molar-refractivity contribution is 0.0734. The fraction of sp³-hybridized carbons (Fsp3) is 0.0435. The Labute approximate surface area is 171 Å². The van der Waals surface area contributed by atoms with Gasteiger partial charge in [-0.1, -0.05) is 35.9 Å². The van der Waals surface area contributed by atoms with Gasteiger partial charge < -0.3 is 9.47 Å². The molecule has 4 rings (SSSR count). The first kappa shape index (κ1) is 18.9. The van der Waals surface area contributed by atoms with Crippen molar-refractivity contribution < 1.29 is 23.5 Å². The van der Waals surface area contributed by atoms with Crippen molar-refractivity contribution in [2.45, 2.75) is 6.92 Å². The summed E-state index contributed by atoms with van der Waals surface area (Å²) in [5, 5.41) is 0.166. The quantitative estimate of drug-likeness (QED) is 0.320. The van der Waals surface area contributed by atoms with Gasteiger partial charge in [-0.2, -0.15) is 0 Å². The van der Waals surface area contributed by atoms with Gasteiger partial charge in [0.15, 0.2) is 5.76 Å². The summed E-state index contributed by atoms with van der Waals surface area (Å²) in [5.41, 5.74) is 1.38. The van der Waals surface area contributed by atoms with Crippen LogP contribution in [-0.2, 0) is 0 Å². The number of Topliss-reactive ketones (excluding diaryl/α,β-unsaturated/α-hetero) is 1. The second-order valence-corrected chi connectivity index (χ2v) is 6.85. The minimum absolute atomic E-state index is 0.0540. The second-order valence-electron chi connectivity index (χ2n) is 6.44. The van der Waals surface area contributed by atoms with Crippen LogP contribution >= 0.6 is 11.6 Å². The van der Waals surface area contributed by atoms with E-state index in [9.17, 15) is 14.0 Å². The predicted octanol–water partition coefficient (Wildman–Crippen LogP) is 5.62. The highest BCUT2D eigenvalue weighted by atomic mass is 35.5. The van der Waals surface area contributed by atoms with Crippen LogP contribution in [0.15, 0.2) is 66.4 Å². The molecule has 0 atom stereocenters. The number of halogens is 2. The summed E-state index contributed by atoms with van der Waals surface area (Å²) in [5.74, 6) is -1.05. The van der Waals surface area contributed by atoms with Crippen molar-refractivity contribution in [1.82, 2.24) is 0 Å². The van der Waals surface area contributed by atoms with Gasteiger partial charge in [0, 0.05) is 11.6 Å². The Morgan fingerprint density at radius 3 is 2.59 bits per heavy atom. The smallest absolute Gasteiger partial charge is 0.343 e. The van der Waals surface area contributed by atoms with Crippen molar-refractivity contribution in [2.24, 2.45) is 0 Å². The molecule has 0 N–H and O–H groups in total. The van der Waals surface area contributed by atoms with E-state index < -0.39 is 17.6 Å². The lowest BCUT2D eigenvalue weighted by Crippen LogP contribution is -2.08. The lowest BCUT2D eigenvalue weighted by atomic mass is 10.0. The van der Waals surface area contributed by atoms with Crippen molar-refractivity contribution in [3.8, 4) is 11.5 Å². The Hall–Kier alpha value is -3.44. The van der Waals surface area contributed by atoms with Crippen LogP contribution in [0.25, 0.3) is 6.08 Å². The normalized spacial score (nSPS) is 13.9. The van der Waals surface area contributed by atoms with Crippen LogP contribution in [0.3, 0.4) is 0 Å². The monoisotopic (exact) mass is 408 g/mol. The zero-order chi connectivity index (χ0) is 20.5. The lowest BCUT2D eigenvalue weighted by Gasteiger charge is -2.07. The first-order valence-electron chi connectivity index (χ1n) is 8.74. The van der Waals surface area contributed by atoms with Crippen LogP contribution in [-0.4, -0.2) is 11.8 Å². The number of ether oxygens (including phenoxy) is 2. The van der Waals surface area contributed by atoms with Gasteiger partial charge in [-0.3, -0.25) is 4.79 Å². The maximum Gasteiger partial charge on any atom is 0.343 e. The SMILES string of the molecule is Cc1cc(OC(=O)c2ccccc2)cc2c1C(=O)/C(=C/c1c(F)cccc1Cl)O2. The number of hydrogen-bond donors (Lipinski definition) is 0. The van der Waals surface area contributed by atoms with Gasteiger partial charge in [-0.15, -0.1) is 0 Å². The molecule has 0 amide bonds. The number of esters is 1. The highest BCUT2D eigenvalue weighted by Gasteiger charge is 2.31. The summed E-state index contributed by atoms with van der Waals surface area (Å²) in [4.78, 5) is 25.0. The highest BCUT2D eigenvalue weighted by molar-refractivity contribution is 6.32. The molecular formula is C23H14ClFO4. The summed E-state index contributed by atoms with van der Waals surface area (Å²) < 4.78 is 25.1. The van der Waals surface area contributed by atoms with E-state index in [2.05, 4.69) is 0 Å². The average molecular weight is 409 g/mol. The molecule has 0 aliphatic carbocycles. The van der Waals surface area contributed by atoms with E-state index >= 15 is 0 Å². The molecule has 1 heterocycles. The van der Waals surface area contributed by atoms with E-state index in [1.807, 2.05) is 0 Å². The number of rotatable bonds is 3. The van der Waals surface area contributed by atoms with E-state index in [1.54, 1.807) is 43.3 Å². The largest absolute Gasteiger partial charge is 0.452 e. The van der Waals surface area contributed by atoms with E-state index in [1.165, 1.54) is 30.3 Å². The van der Waals surface area contributed by atoms with Gasteiger partial charge in [0.2, 0.25) is 5.78 Å². The minimum atomic E-state index is -0.563. The van der Waals surface area contributed by atoms with Gasteiger partial charge in [-0.25, -0.2) is 9.18 Å². The second kappa shape index (κ2) is 7.53. The standard InChI is InChI=1S/C23H14ClFO4/c1-13-10-15(28-23(27)14-6-3-2-4-7-14)11-19-21(13)22(26)20(29-19)12-16-17(24)8-5-9-18(16)25/h2-12H,1H3/b20-12-. The molecule has 0 bridgehead atoms. The van der Waals surface area contributed by atoms with E-state index in [-0.39, 0.29) is 27.8 Å². The van der Waals surface area contributed by atoms with Crippen LogP contribution in [0.4, 0.5) is 4.39 Å². The van der Waals surface area contributed by atoms with Crippen molar-refractivity contribution >= 4 is 29.4 Å². The van der Waals surface area contributed by atoms with Gasteiger partial charge in [0.05, 0.1) is 16.1 Å². The van der Waals surface area contributed by atoms with Crippen molar-refractivity contribution in [1.29, 1.82) is 0 Å². The molecule has 0 radical (unpaired) electrons. The number of benzene rings is 3. The molecule has 4 nitrogen and oxygen atoms in total. The molecule has 3 aromatic rings. The van der Waals surface area contributed by atoms with Crippen molar-refractivity contribution in [3.05, 3.63) is 99.5 Å². The summed E-state index contributed by atoms with van der Waals surface area (Å²) in [7, 11) is 0. The number of aryl methyl sites for hydroxylation is 1. The molecule has 0 saturated heterocycles. The summed E-state index contributed by atoms with van der Waals surface area (Å²) >= 11 is 6.03. The molecule has 29 heavy (non-hydrogen) atoms. The van der Waals surface area contributed by atoms with Gasteiger partial charge in [0.25, 0.3) is 0 Å². The number of fused-ring (bicyclic) bond motifs is 1. The Morgan fingerprint density at radius 1 is 1.10 bits per heavy atom. The first-order valence-corrected chi connectivity index (χ1v) is 9.12. The van der Waals surface area contributed by atoms with E-state index in [0.29, 0.717) is 16.7 Å².